The van der Waals surface area contributed by atoms with Gasteiger partial charge in [-0.2, -0.15) is 15.0 Å². The molecule has 2 aromatic heterocycles. The fraction of sp³-hybridized carbons (Fsp3) is 0.533. The first-order valence-electron chi connectivity index (χ1n) is 7.58. The van der Waals surface area contributed by atoms with Crippen LogP contribution in [0.3, 0.4) is 0 Å². The minimum Gasteiger partial charge on any atom is -0.354 e. The maximum Gasteiger partial charge on any atom is 0.230 e. The summed E-state index contributed by atoms with van der Waals surface area (Å²) >= 11 is 1.73. The Labute approximate surface area is 129 Å². The van der Waals surface area contributed by atoms with Gasteiger partial charge in [-0.25, -0.2) is 0 Å². The Morgan fingerprint density at radius 3 is 2.67 bits per heavy atom. The van der Waals surface area contributed by atoms with Crippen LogP contribution in [0.1, 0.15) is 31.1 Å². The molecule has 0 unspecified atom stereocenters. The molecule has 1 N–H and O–H groups in total. The maximum absolute atomic E-state index is 4.68. The van der Waals surface area contributed by atoms with E-state index in [4.69, 9.17) is 0 Å². The molecule has 21 heavy (non-hydrogen) atoms. The number of aryl methyl sites for hydroxylation is 1. The monoisotopic (exact) mass is 303 g/mol. The molecule has 0 bridgehead atoms. The van der Waals surface area contributed by atoms with Gasteiger partial charge in [0.1, 0.15) is 0 Å². The zero-order valence-corrected chi connectivity index (χ0v) is 13.4. The summed E-state index contributed by atoms with van der Waals surface area (Å²) in [6, 6.07) is 4.20. The number of hydrogen-bond acceptors (Lipinski definition) is 6. The average Bonchev–Trinajstić information content (AvgIpc) is 3.16. The number of aromatic nitrogens is 3. The Morgan fingerprint density at radius 1 is 1.19 bits per heavy atom. The van der Waals surface area contributed by atoms with Gasteiger partial charge in [-0.1, -0.05) is 6.92 Å². The zero-order valence-electron chi connectivity index (χ0n) is 12.6. The van der Waals surface area contributed by atoms with Crippen LogP contribution in [0.25, 0.3) is 10.7 Å². The van der Waals surface area contributed by atoms with E-state index in [0.717, 1.165) is 42.7 Å². The molecule has 0 atom stereocenters. The summed E-state index contributed by atoms with van der Waals surface area (Å²) in [6.07, 6.45) is 3.49. The van der Waals surface area contributed by atoms with E-state index in [1.54, 1.807) is 11.3 Å². The Balaban J connectivity index is 1.95. The van der Waals surface area contributed by atoms with Crippen molar-refractivity contribution in [2.24, 2.45) is 0 Å². The van der Waals surface area contributed by atoms with Gasteiger partial charge in [-0.05, 0) is 38.3 Å². The minimum atomic E-state index is 0.690. The summed E-state index contributed by atoms with van der Waals surface area (Å²) in [5, 5.41) is 3.29. The molecule has 0 amide bonds. The van der Waals surface area contributed by atoms with Crippen LogP contribution in [0, 0.1) is 6.92 Å². The number of rotatable bonds is 5. The Morgan fingerprint density at radius 2 is 2.00 bits per heavy atom. The maximum atomic E-state index is 4.68. The van der Waals surface area contributed by atoms with Crippen LogP contribution in [-0.4, -0.2) is 34.6 Å². The van der Waals surface area contributed by atoms with Gasteiger partial charge in [0.15, 0.2) is 5.82 Å². The van der Waals surface area contributed by atoms with E-state index in [1.165, 1.54) is 17.7 Å². The van der Waals surface area contributed by atoms with Gasteiger partial charge in [0.05, 0.1) is 4.88 Å². The topological polar surface area (TPSA) is 53.9 Å². The second-order valence-electron chi connectivity index (χ2n) is 5.31. The standard InChI is InChI=1S/C15H21N5S/c1-3-8-16-14-17-13(12-7-6-11(2)21-12)18-15(19-14)20-9-4-5-10-20/h6-7H,3-5,8-10H2,1-2H3,(H,16,17,18,19). The molecular weight excluding hydrogens is 282 g/mol. The van der Waals surface area contributed by atoms with E-state index >= 15 is 0 Å². The van der Waals surface area contributed by atoms with Crippen molar-refractivity contribution in [3.05, 3.63) is 17.0 Å². The van der Waals surface area contributed by atoms with Crippen LogP contribution >= 0.6 is 11.3 Å². The molecule has 0 spiro atoms. The molecule has 0 aromatic carbocycles. The highest BCUT2D eigenvalue weighted by atomic mass is 32.1. The lowest BCUT2D eigenvalue weighted by molar-refractivity contribution is 0.874. The minimum absolute atomic E-state index is 0.690. The van der Waals surface area contributed by atoms with Gasteiger partial charge in [0.2, 0.25) is 11.9 Å². The van der Waals surface area contributed by atoms with Crippen molar-refractivity contribution >= 4 is 23.2 Å². The summed E-state index contributed by atoms with van der Waals surface area (Å²) in [7, 11) is 0. The Hall–Kier alpha value is -1.69. The highest BCUT2D eigenvalue weighted by Crippen LogP contribution is 2.27. The first-order chi connectivity index (χ1) is 10.3. The van der Waals surface area contributed by atoms with E-state index in [9.17, 15) is 0 Å². The molecule has 1 fully saturated rings. The molecule has 5 nitrogen and oxygen atoms in total. The molecule has 1 saturated heterocycles. The molecule has 3 rings (SSSR count). The lowest BCUT2D eigenvalue weighted by Crippen LogP contribution is -2.22. The van der Waals surface area contributed by atoms with Crippen molar-refractivity contribution < 1.29 is 0 Å². The number of hydrogen-bond donors (Lipinski definition) is 1. The SMILES string of the molecule is CCCNc1nc(-c2ccc(C)s2)nc(N2CCCC2)n1. The van der Waals surface area contributed by atoms with Crippen LogP contribution in [-0.2, 0) is 0 Å². The van der Waals surface area contributed by atoms with Gasteiger partial charge >= 0.3 is 0 Å². The molecular formula is C15H21N5S. The van der Waals surface area contributed by atoms with Crippen LogP contribution in [0.2, 0.25) is 0 Å². The first kappa shape index (κ1) is 14.3. The van der Waals surface area contributed by atoms with Crippen LogP contribution < -0.4 is 10.2 Å². The Kier molecular flexibility index (Phi) is 4.34. The highest BCUT2D eigenvalue weighted by Gasteiger charge is 2.18. The third-order valence-electron chi connectivity index (χ3n) is 3.51. The molecule has 6 heteroatoms. The van der Waals surface area contributed by atoms with Crippen LogP contribution in [0.4, 0.5) is 11.9 Å². The first-order valence-corrected chi connectivity index (χ1v) is 8.39. The van der Waals surface area contributed by atoms with Crippen molar-refractivity contribution in [2.45, 2.75) is 33.1 Å². The summed E-state index contributed by atoms with van der Waals surface area (Å²) in [6.45, 7) is 7.21. The molecule has 2 aromatic rings. The van der Waals surface area contributed by atoms with E-state index in [-0.39, 0.29) is 0 Å². The summed E-state index contributed by atoms with van der Waals surface area (Å²) in [5.74, 6) is 2.28. The van der Waals surface area contributed by atoms with E-state index in [1.807, 2.05) is 0 Å². The van der Waals surface area contributed by atoms with Gasteiger partial charge in [0, 0.05) is 24.5 Å². The fourth-order valence-electron chi connectivity index (χ4n) is 2.40. The second-order valence-corrected chi connectivity index (χ2v) is 6.60. The highest BCUT2D eigenvalue weighted by molar-refractivity contribution is 7.15. The van der Waals surface area contributed by atoms with E-state index in [2.05, 4.69) is 51.1 Å². The molecule has 1 aliphatic heterocycles. The number of anilines is 2. The van der Waals surface area contributed by atoms with Crippen molar-refractivity contribution in [1.82, 2.24) is 15.0 Å². The molecule has 1 aliphatic rings. The second kappa shape index (κ2) is 6.39. The predicted octanol–water partition coefficient (Wildman–Crippen LogP) is 3.33. The third kappa shape index (κ3) is 3.32. The van der Waals surface area contributed by atoms with E-state index < -0.39 is 0 Å². The molecule has 0 saturated carbocycles. The van der Waals surface area contributed by atoms with Crippen molar-refractivity contribution in [2.75, 3.05) is 29.9 Å². The van der Waals surface area contributed by atoms with Crippen LogP contribution in [0.15, 0.2) is 12.1 Å². The van der Waals surface area contributed by atoms with Crippen molar-refractivity contribution in [3.8, 4) is 10.7 Å². The van der Waals surface area contributed by atoms with Gasteiger partial charge in [-0.15, -0.1) is 11.3 Å². The molecule has 3 heterocycles. The third-order valence-corrected chi connectivity index (χ3v) is 4.50. The molecule has 112 valence electrons. The molecule has 0 aliphatic carbocycles. The number of nitrogens with zero attached hydrogens (tertiary/aromatic N) is 4. The lowest BCUT2D eigenvalue weighted by atomic mass is 10.4. The summed E-state index contributed by atoms with van der Waals surface area (Å²) in [5.41, 5.74) is 0. The summed E-state index contributed by atoms with van der Waals surface area (Å²) < 4.78 is 0. The Bertz CT molecular complexity index is 604. The predicted molar refractivity (Wildman–Crippen MR) is 88.1 cm³/mol. The fourth-order valence-corrected chi connectivity index (χ4v) is 3.21. The normalized spacial score (nSPS) is 14.7. The summed E-state index contributed by atoms with van der Waals surface area (Å²) in [4.78, 5) is 18.5. The van der Waals surface area contributed by atoms with Gasteiger partial charge in [0.25, 0.3) is 0 Å². The van der Waals surface area contributed by atoms with Gasteiger partial charge < -0.3 is 10.2 Å². The van der Waals surface area contributed by atoms with E-state index in [0.29, 0.717) is 5.95 Å². The number of nitrogens with one attached hydrogen (secondary N) is 1. The quantitative estimate of drug-likeness (QED) is 0.918. The number of thiophene rings is 1. The largest absolute Gasteiger partial charge is 0.354 e. The molecule has 0 radical (unpaired) electrons. The van der Waals surface area contributed by atoms with Crippen molar-refractivity contribution in [3.63, 3.8) is 0 Å². The zero-order chi connectivity index (χ0) is 14.7. The smallest absolute Gasteiger partial charge is 0.230 e. The lowest BCUT2D eigenvalue weighted by Gasteiger charge is -2.16. The van der Waals surface area contributed by atoms with Crippen molar-refractivity contribution in [1.29, 1.82) is 0 Å². The van der Waals surface area contributed by atoms with Crippen LogP contribution in [0.5, 0.6) is 0 Å². The van der Waals surface area contributed by atoms with Gasteiger partial charge in [-0.3, -0.25) is 0 Å². The average molecular weight is 303 g/mol.